The number of nitrogens with one attached hydrogen (secondary N) is 2. The highest BCUT2D eigenvalue weighted by Crippen LogP contribution is 2.27. The number of nitriles is 1. The highest BCUT2D eigenvalue weighted by atomic mass is 32.1. The van der Waals surface area contributed by atoms with Gasteiger partial charge in [-0.15, -0.1) is 0 Å². The number of hydrogen-bond acceptors (Lipinski definition) is 5. The maximum atomic E-state index is 12.4. The van der Waals surface area contributed by atoms with Crippen molar-refractivity contribution < 1.29 is 4.79 Å². The molecule has 0 atom stereocenters. The lowest BCUT2D eigenvalue weighted by Crippen LogP contribution is -2.32. The third-order valence-corrected chi connectivity index (χ3v) is 4.89. The number of aromatic nitrogens is 2. The number of aromatic amines is 1. The molecule has 1 aliphatic heterocycles. The van der Waals surface area contributed by atoms with Crippen LogP contribution in [0.25, 0.3) is 17.1 Å². The maximum absolute atomic E-state index is 12.4. The van der Waals surface area contributed by atoms with Gasteiger partial charge in [0.25, 0.3) is 0 Å². The highest BCUT2D eigenvalue weighted by Gasteiger charge is 2.14. The first kappa shape index (κ1) is 19.0. The Morgan fingerprint density at radius 3 is 2.93 bits per heavy atom. The SMILES string of the molecule is N#CC(=Cc1c[nH]c2nccc(NC(=O)CCN3CCCCC3)c12)C(N)=S. The molecule has 7 nitrogen and oxygen atoms in total. The summed E-state index contributed by atoms with van der Waals surface area (Å²) in [5, 5.41) is 12.9. The molecule has 0 unspecified atom stereocenters. The first-order valence-electron chi connectivity index (χ1n) is 8.98. The van der Waals surface area contributed by atoms with Crippen LogP contribution in [0.2, 0.25) is 0 Å². The summed E-state index contributed by atoms with van der Waals surface area (Å²) in [6.07, 6.45) is 9.08. The number of carbonyl (C=O) groups excluding carboxylic acids is 1. The smallest absolute Gasteiger partial charge is 0.225 e. The van der Waals surface area contributed by atoms with E-state index in [0.717, 1.165) is 25.0 Å². The van der Waals surface area contributed by atoms with Crippen molar-refractivity contribution in [3.05, 3.63) is 29.6 Å². The average molecular weight is 382 g/mol. The summed E-state index contributed by atoms with van der Waals surface area (Å²) in [5.41, 5.74) is 7.76. The van der Waals surface area contributed by atoms with Crippen LogP contribution < -0.4 is 11.1 Å². The van der Waals surface area contributed by atoms with Crippen LogP contribution in [0.4, 0.5) is 5.69 Å². The van der Waals surface area contributed by atoms with Gasteiger partial charge in [-0.25, -0.2) is 4.98 Å². The molecule has 0 radical (unpaired) electrons. The summed E-state index contributed by atoms with van der Waals surface area (Å²) < 4.78 is 0. The molecule has 2 aromatic rings. The van der Waals surface area contributed by atoms with Crippen LogP contribution in [0, 0.1) is 11.3 Å². The molecule has 4 N–H and O–H groups in total. The summed E-state index contributed by atoms with van der Waals surface area (Å²) in [6.45, 7) is 2.89. The standard InChI is InChI=1S/C19H22N6OS/c20-11-13(18(21)27)10-14-12-23-19-17(14)15(4-6-22-19)24-16(26)5-9-25-7-2-1-3-8-25/h4,6,10,12H,1-3,5,7-9H2,(H2,21,27)(H2,22,23,24,26). The van der Waals surface area contributed by atoms with Gasteiger partial charge in [-0.05, 0) is 38.1 Å². The minimum absolute atomic E-state index is 0.0304. The summed E-state index contributed by atoms with van der Waals surface area (Å²) in [6, 6.07) is 3.74. The highest BCUT2D eigenvalue weighted by molar-refractivity contribution is 7.80. The molecule has 1 amide bonds. The van der Waals surface area contributed by atoms with Crippen LogP contribution in [0.15, 0.2) is 24.0 Å². The second-order valence-corrected chi connectivity index (χ2v) is 7.00. The van der Waals surface area contributed by atoms with Crippen molar-refractivity contribution in [3.8, 4) is 6.07 Å². The van der Waals surface area contributed by atoms with E-state index in [9.17, 15) is 10.1 Å². The van der Waals surface area contributed by atoms with Crippen LogP contribution in [-0.4, -0.2) is 45.4 Å². The average Bonchev–Trinajstić information content (AvgIpc) is 3.09. The number of carbonyl (C=O) groups is 1. The second kappa shape index (κ2) is 8.75. The molecular weight excluding hydrogens is 360 g/mol. The third-order valence-electron chi connectivity index (χ3n) is 4.67. The Morgan fingerprint density at radius 1 is 1.44 bits per heavy atom. The van der Waals surface area contributed by atoms with Gasteiger partial charge in [-0.3, -0.25) is 4.79 Å². The van der Waals surface area contributed by atoms with E-state index in [4.69, 9.17) is 18.0 Å². The van der Waals surface area contributed by atoms with E-state index in [2.05, 4.69) is 20.2 Å². The second-order valence-electron chi connectivity index (χ2n) is 6.56. The van der Waals surface area contributed by atoms with E-state index in [1.165, 1.54) is 19.3 Å². The topological polar surface area (TPSA) is 111 Å². The zero-order valence-corrected chi connectivity index (χ0v) is 15.8. The van der Waals surface area contributed by atoms with Crippen LogP contribution in [-0.2, 0) is 4.79 Å². The Kier molecular flexibility index (Phi) is 6.16. The molecule has 1 saturated heterocycles. The van der Waals surface area contributed by atoms with Crippen molar-refractivity contribution in [2.45, 2.75) is 25.7 Å². The first-order chi connectivity index (χ1) is 13.1. The van der Waals surface area contributed by atoms with Crippen molar-refractivity contribution in [3.63, 3.8) is 0 Å². The number of H-pyrrole nitrogens is 1. The van der Waals surface area contributed by atoms with Gasteiger partial charge in [0.1, 0.15) is 16.7 Å². The normalized spacial score (nSPS) is 15.4. The van der Waals surface area contributed by atoms with Crippen LogP contribution in [0.3, 0.4) is 0 Å². The molecule has 0 aliphatic carbocycles. The van der Waals surface area contributed by atoms with E-state index >= 15 is 0 Å². The number of rotatable bonds is 6. The van der Waals surface area contributed by atoms with E-state index in [1.54, 1.807) is 24.5 Å². The Hall–Kier alpha value is -2.76. The van der Waals surface area contributed by atoms with Crippen molar-refractivity contribution in [2.75, 3.05) is 25.0 Å². The zero-order valence-electron chi connectivity index (χ0n) is 15.0. The van der Waals surface area contributed by atoms with E-state index in [0.29, 0.717) is 23.3 Å². The van der Waals surface area contributed by atoms with E-state index in [1.807, 2.05) is 6.07 Å². The third kappa shape index (κ3) is 4.70. The van der Waals surface area contributed by atoms with Crippen LogP contribution >= 0.6 is 12.2 Å². The molecule has 140 valence electrons. The number of nitrogens with two attached hydrogens (primary N) is 1. The fourth-order valence-corrected chi connectivity index (χ4v) is 3.37. The van der Waals surface area contributed by atoms with Crippen molar-refractivity contribution >= 4 is 45.9 Å². The minimum Gasteiger partial charge on any atom is -0.389 e. The quantitative estimate of drug-likeness (QED) is 0.402. The Bertz CT molecular complexity index is 920. The number of hydrogen-bond donors (Lipinski definition) is 3. The predicted molar refractivity (Wildman–Crippen MR) is 110 cm³/mol. The van der Waals surface area contributed by atoms with Crippen molar-refractivity contribution in [2.24, 2.45) is 5.73 Å². The molecule has 0 saturated carbocycles. The predicted octanol–water partition coefficient (Wildman–Crippen LogP) is 2.57. The largest absolute Gasteiger partial charge is 0.389 e. The zero-order chi connectivity index (χ0) is 19.2. The number of pyridine rings is 1. The van der Waals surface area contributed by atoms with Crippen LogP contribution in [0.1, 0.15) is 31.2 Å². The van der Waals surface area contributed by atoms with Gasteiger partial charge in [0, 0.05) is 36.3 Å². The molecule has 0 spiro atoms. The molecule has 27 heavy (non-hydrogen) atoms. The van der Waals surface area contributed by atoms with Gasteiger partial charge >= 0.3 is 0 Å². The summed E-state index contributed by atoms with van der Waals surface area (Å²) in [5.74, 6) is -0.0425. The van der Waals surface area contributed by atoms with Gasteiger partial charge in [0.2, 0.25) is 5.91 Å². The van der Waals surface area contributed by atoms with Gasteiger partial charge < -0.3 is 20.9 Å². The monoisotopic (exact) mass is 382 g/mol. The lowest BCUT2D eigenvalue weighted by molar-refractivity contribution is -0.116. The summed E-state index contributed by atoms with van der Waals surface area (Å²) >= 11 is 4.90. The molecule has 3 rings (SSSR count). The van der Waals surface area contributed by atoms with E-state index < -0.39 is 0 Å². The Balaban J connectivity index is 1.78. The summed E-state index contributed by atoms with van der Waals surface area (Å²) in [4.78, 5) is 22.1. The number of nitrogens with zero attached hydrogens (tertiary/aromatic N) is 3. The lowest BCUT2D eigenvalue weighted by Gasteiger charge is -2.25. The van der Waals surface area contributed by atoms with Gasteiger partial charge in [-0.2, -0.15) is 5.26 Å². The molecular formula is C19H22N6OS. The van der Waals surface area contributed by atoms with E-state index in [-0.39, 0.29) is 16.5 Å². The molecule has 0 aromatic carbocycles. The Labute approximate surface area is 163 Å². The molecule has 0 bridgehead atoms. The molecule has 3 heterocycles. The lowest BCUT2D eigenvalue weighted by atomic mass is 10.1. The van der Waals surface area contributed by atoms with Crippen molar-refractivity contribution in [1.82, 2.24) is 14.9 Å². The maximum Gasteiger partial charge on any atom is 0.225 e. The Morgan fingerprint density at radius 2 is 2.22 bits per heavy atom. The fourth-order valence-electron chi connectivity index (χ4n) is 3.27. The van der Waals surface area contributed by atoms with Crippen molar-refractivity contribution in [1.29, 1.82) is 5.26 Å². The first-order valence-corrected chi connectivity index (χ1v) is 9.39. The minimum atomic E-state index is -0.0425. The number of fused-ring (bicyclic) bond motifs is 1. The number of amides is 1. The van der Waals surface area contributed by atoms with Gasteiger partial charge in [0.05, 0.1) is 11.3 Å². The molecule has 8 heteroatoms. The van der Waals surface area contributed by atoms with Crippen LogP contribution in [0.5, 0.6) is 0 Å². The number of thiocarbonyl (C=S) groups is 1. The number of piperidine rings is 1. The number of likely N-dealkylation sites (tertiary alicyclic amines) is 1. The molecule has 1 aliphatic rings. The molecule has 2 aromatic heterocycles. The summed E-state index contributed by atoms with van der Waals surface area (Å²) in [7, 11) is 0. The molecule has 1 fully saturated rings. The number of anilines is 1. The fraction of sp³-hybridized carbons (Fsp3) is 0.368. The van der Waals surface area contributed by atoms with Gasteiger partial charge in [0.15, 0.2) is 0 Å². The van der Waals surface area contributed by atoms with Gasteiger partial charge in [-0.1, -0.05) is 18.6 Å².